The molecule has 0 aromatic heterocycles. The number of rotatable bonds is 6. The number of sulfonamides is 1. The average molecular weight is 375 g/mol. The molecular formula is C19H25N3O3S. The number of hydrogen-bond acceptors (Lipinski definition) is 4. The lowest BCUT2D eigenvalue weighted by Gasteiger charge is -2.18. The number of carbonyl (C=O) groups excluding carboxylic acids is 1. The zero-order valence-electron chi connectivity index (χ0n) is 15.7. The lowest BCUT2D eigenvalue weighted by Crippen LogP contribution is -2.32. The molecule has 0 saturated heterocycles. The van der Waals surface area contributed by atoms with Gasteiger partial charge in [0.25, 0.3) is 0 Å². The molecule has 0 heterocycles. The van der Waals surface area contributed by atoms with Crippen LogP contribution in [-0.2, 0) is 14.8 Å². The molecule has 0 aliphatic heterocycles. The van der Waals surface area contributed by atoms with Gasteiger partial charge in [0, 0.05) is 25.5 Å². The normalized spacial score (nSPS) is 12.7. The Morgan fingerprint density at radius 1 is 1.08 bits per heavy atom. The standard InChI is InChI=1S/C19H25N3O3S/c1-13-8-6-11-18(14(13)2)20-15(3)19(23)21-16-9-7-10-17(12-16)26(24,25)22(4)5/h6-12,15,20H,1-5H3,(H,21,23)/t15-/m0/s1. The van der Waals surface area contributed by atoms with Crippen LogP contribution in [-0.4, -0.2) is 38.8 Å². The van der Waals surface area contributed by atoms with Gasteiger partial charge in [0.1, 0.15) is 6.04 Å². The summed E-state index contributed by atoms with van der Waals surface area (Å²) < 4.78 is 25.6. The van der Waals surface area contributed by atoms with Gasteiger partial charge in [-0.1, -0.05) is 18.2 Å². The number of nitrogens with one attached hydrogen (secondary N) is 2. The van der Waals surface area contributed by atoms with Crippen LogP contribution >= 0.6 is 0 Å². The van der Waals surface area contributed by atoms with Crippen molar-refractivity contribution in [2.75, 3.05) is 24.7 Å². The molecule has 0 aliphatic carbocycles. The summed E-state index contributed by atoms with van der Waals surface area (Å²) in [7, 11) is -0.610. The quantitative estimate of drug-likeness (QED) is 0.814. The van der Waals surface area contributed by atoms with Gasteiger partial charge in [-0.25, -0.2) is 12.7 Å². The molecule has 0 aliphatic rings. The summed E-state index contributed by atoms with van der Waals surface area (Å²) in [4.78, 5) is 12.6. The number of anilines is 2. The number of benzene rings is 2. The zero-order valence-corrected chi connectivity index (χ0v) is 16.5. The second-order valence-electron chi connectivity index (χ2n) is 6.42. The van der Waals surface area contributed by atoms with Gasteiger partial charge in [-0.2, -0.15) is 0 Å². The highest BCUT2D eigenvalue weighted by Gasteiger charge is 2.19. The van der Waals surface area contributed by atoms with Crippen molar-refractivity contribution in [1.82, 2.24) is 4.31 Å². The summed E-state index contributed by atoms with van der Waals surface area (Å²) in [5.41, 5.74) is 3.57. The van der Waals surface area contributed by atoms with Gasteiger partial charge >= 0.3 is 0 Å². The largest absolute Gasteiger partial charge is 0.374 e. The minimum Gasteiger partial charge on any atom is -0.374 e. The van der Waals surface area contributed by atoms with Crippen LogP contribution in [0.15, 0.2) is 47.4 Å². The maximum Gasteiger partial charge on any atom is 0.246 e. The van der Waals surface area contributed by atoms with Crippen LogP contribution in [0.25, 0.3) is 0 Å². The smallest absolute Gasteiger partial charge is 0.246 e. The lowest BCUT2D eigenvalue weighted by atomic mass is 10.1. The van der Waals surface area contributed by atoms with E-state index in [1.807, 2.05) is 32.0 Å². The molecule has 2 aromatic carbocycles. The van der Waals surface area contributed by atoms with Gasteiger partial charge in [-0.3, -0.25) is 4.79 Å². The SMILES string of the molecule is Cc1cccc(N[C@@H](C)C(=O)Nc2cccc(S(=O)(=O)N(C)C)c2)c1C. The van der Waals surface area contributed by atoms with Crippen LogP contribution in [0, 0.1) is 13.8 Å². The highest BCUT2D eigenvalue weighted by Crippen LogP contribution is 2.20. The molecule has 140 valence electrons. The Labute approximate surface area is 155 Å². The maximum atomic E-state index is 12.5. The van der Waals surface area contributed by atoms with E-state index in [0.29, 0.717) is 5.69 Å². The third-order valence-corrected chi connectivity index (χ3v) is 6.06. The van der Waals surface area contributed by atoms with E-state index >= 15 is 0 Å². The van der Waals surface area contributed by atoms with Crippen LogP contribution in [0.5, 0.6) is 0 Å². The Bertz CT molecular complexity index is 908. The number of carbonyl (C=O) groups is 1. The molecule has 2 aromatic rings. The average Bonchev–Trinajstić information content (AvgIpc) is 2.59. The van der Waals surface area contributed by atoms with Gasteiger partial charge in [0.15, 0.2) is 0 Å². The predicted octanol–water partition coefficient (Wildman–Crippen LogP) is 2.99. The maximum absolute atomic E-state index is 12.5. The molecule has 1 amide bonds. The van der Waals surface area contributed by atoms with Crippen LogP contribution in [0.3, 0.4) is 0 Å². The summed E-state index contributed by atoms with van der Waals surface area (Å²) in [6.45, 7) is 5.78. The molecule has 0 saturated carbocycles. The third-order valence-electron chi connectivity index (χ3n) is 4.25. The first kappa shape index (κ1) is 19.9. The molecule has 0 spiro atoms. The van der Waals surface area contributed by atoms with Gasteiger partial charge in [0.05, 0.1) is 4.90 Å². The summed E-state index contributed by atoms with van der Waals surface area (Å²) in [5, 5.41) is 5.96. The number of nitrogens with zero attached hydrogens (tertiary/aromatic N) is 1. The first-order chi connectivity index (χ1) is 12.1. The molecular weight excluding hydrogens is 350 g/mol. The second kappa shape index (κ2) is 7.88. The highest BCUT2D eigenvalue weighted by atomic mass is 32.2. The van der Waals surface area contributed by atoms with Gasteiger partial charge in [0.2, 0.25) is 15.9 Å². The Kier molecular flexibility index (Phi) is 6.05. The fraction of sp³-hybridized carbons (Fsp3) is 0.316. The van der Waals surface area contributed by atoms with Crippen molar-refractivity contribution in [1.29, 1.82) is 0 Å². The fourth-order valence-corrected chi connectivity index (χ4v) is 3.35. The van der Waals surface area contributed by atoms with E-state index < -0.39 is 16.1 Å². The number of aryl methyl sites for hydroxylation is 1. The molecule has 0 radical (unpaired) electrons. The van der Waals surface area contributed by atoms with Crippen molar-refractivity contribution in [2.24, 2.45) is 0 Å². The number of amides is 1. The van der Waals surface area contributed by atoms with E-state index in [0.717, 1.165) is 21.1 Å². The predicted molar refractivity (Wildman–Crippen MR) is 105 cm³/mol. The van der Waals surface area contributed by atoms with Crippen molar-refractivity contribution >= 4 is 27.3 Å². The molecule has 2 N–H and O–H groups in total. The molecule has 7 heteroatoms. The minimum absolute atomic E-state index is 0.135. The molecule has 6 nitrogen and oxygen atoms in total. The Balaban J connectivity index is 2.13. The Morgan fingerprint density at radius 2 is 1.73 bits per heavy atom. The van der Waals surface area contributed by atoms with E-state index in [1.54, 1.807) is 19.1 Å². The van der Waals surface area contributed by atoms with E-state index in [9.17, 15) is 13.2 Å². The Morgan fingerprint density at radius 3 is 2.38 bits per heavy atom. The molecule has 1 atom stereocenters. The van der Waals surface area contributed by atoms with Crippen LogP contribution in [0.4, 0.5) is 11.4 Å². The first-order valence-corrected chi connectivity index (χ1v) is 9.73. The summed E-state index contributed by atoms with van der Waals surface area (Å²) in [6.07, 6.45) is 0. The molecule has 0 fully saturated rings. The zero-order chi connectivity index (χ0) is 19.5. The van der Waals surface area contributed by atoms with E-state index in [-0.39, 0.29) is 10.8 Å². The second-order valence-corrected chi connectivity index (χ2v) is 8.57. The molecule has 0 bridgehead atoms. The van der Waals surface area contributed by atoms with Crippen molar-refractivity contribution < 1.29 is 13.2 Å². The van der Waals surface area contributed by atoms with Gasteiger partial charge in [-0.15, -0.1) is 0 Å². The summed E-state index contributed by atoms with van der Waals surface area (Å²) in [5.74, 6) is -0.245. The first-order valence-electron chi connectivity index (χ1n) is 8.29. The minimum atomic E-state index is -3.55. The van der Waals surface area contributed by atoms with Crippen molar-refractivity contribution in [3.05, 3.63) is 53.6 Å². The van der Waals surface area contributed by atoms with Crippen LogP contribution in [0.2, 0.25) is 0 Å². The topological polar surface area (TPSA) is 78.5 Å². The molecule has 2 rings (SSSR count). The van der Waals surface area contributed by atoms with E-state index in [1.165, 1.54) is 26.2 Å². The Hall–Kier alpha value is -2.38. The highest BCUT2D eigenvalue weighted by molar-refractivity contribution is 7.89. The van der Waals surface area contributed by atoms with Crippen molar-refractivity contribution in [3.63, 3.8) is 0 Å². The van der Waals surface area contributed by atoms with E-state index in [4.69, 9.17) is 0 Å². The van der Waals surface area contributed by atoms with Gasteiger partial charge < -0.3 is 10.6 Å². The monoisotopic (exact) mass is 375 g/mol. The molecule has 26 heavy (non-hydrogen) atoms. The van der Waals surface area contributed by atoms with Crippen molar-refractivity contribution in [3.8, 4) is 0 Å². The van der Waals surface area contributed by atoms with Gasteiger partial charge in [-0.05, 0) is 56.2 Å². The van der Waals surface area contributed by atoms with Crippen molar-refractivity contribution in [2.45, 2.75) is 31.7 Å². The van der Waals surface area contributed by atoms with E-state index in [2.05, 4.69) is 10.6 Å². The fourth-order valence-electron chi connectivity index (χ4n) is 2.40. The van der Waals surface area contributed by atoms with Crippen LogP contribution < -0.4 is 10.6 Å². The molecule has 0 unspecified atom stereocenters. The third kappa shape index (κ3) is 4.42. The number of hydrogen-bond donors (Lipinski definition) is 2. The van der Waals surface area contributed by atoms with Crippen LogP contribution in [0.1, 0.15) is 18.1 Å². The summed E-state index contributed by atoms with van der Waals surface area (Å²) >= 11 is 0. The lowest BCUT2D eigenvalue weighted by molar-refractivity contribution is -0.116. The summed E-state index contributed by atoms with van der Waals surface area (Å²) in [6, 6.07) is 11.6.